The van der Waals surface area contributed by atoms with E-state index in [1.807, 2.05) is 38.1 Å². The Labute approximate surface area is 145 Å². The number of ether oxygens (including phenoxy) is 1. The number of hydrogen-bond donors (Lipinski definition) is 3. The molecule has 1 atom stereocenters. The summed E-state index contributed by atoms with van der Waals surface area (Å²) < 4.78 is 5.61. The van der Waals surface area contributed by atoms with E-state index < -0.39 is 5.60 Å². The Bertz CT molecular complexity index is 566. The Morgan fingerprint density at radius 3 is 2.54 bits per heavy atom. The van der Waals surface area contributed by atoms with Crippen molar-refractivity contribution in [3.63, 3.8) is 0 Å². The van der Waals surface area contributed by atoms with Gasteiger partial charge in [0.2, 0.25) is 0 Å². The second-order valence-electron chi connectivity index (χ2n) is 7.94. The molecule has 0 spiro atoms. The zero-order chi connectivity index (χ0) is 17.8. The summed E-state index contributed by atoms with van der Waals surface area (Å²) in [5, 5.41) is 13.8. The van der Waals surface area contributed by atoms with Crippen LogP contribution < -0.4 is 15.8 Å². The van der Waals surface area contributed by atoms with Gasteiger partial charge in [-0.05, 0) is 69.2 Å². The quantitative estimate of drug-likeness (QED) is 0.569. The molecular weight excluding hydrogens is 302 g/mol. The Morgan fingerprint density at radius 2 is 1.96 bits per heavy atom. The van der Waals surface area contributed by atoms with E-state index in [2.05, 4.69) is 24.2 Å². The van der Waals surface area contributed by atoms with Crippen molar-refractivity contribution in [1.29, 1.82) is 0 Å². The molecule has 0 saturated heterocycles. The summed E-state index contributed by atoms with van der Waals surface area (Å²) in [5.74, 6) is 1.15. The highest BCUT2D eigenvalue weighted by Crippen LogP contribution is 2.41. The molecule has 0 bridgehead atoms. The van der Waals surface area contributed by atoms with Gasteiger partial charge >= 0.3 is 0 Å². The molecule has 4 N–H and O–H groups in total. The Morgan fingerprint density at radius 1 is 1.29 bits per heavy atom. The van der Waals surface area contributed by atoms with Crippen LogP contribution in [-0.4, -0.2) is 29.3 Å². The first kappa shape index (κ1) is 18.6. The lowest BCUT2D eigenvalue weighted by molar-refractivity contribution is -0.0306. The van der Waals surface area contributed by atoms with Crippen molar-refractivity contribution in [3.05, 3.63) is 24.3 Å². The number of rotatable bonds is 5. The summed E-state index contributed by atoms with van der Waals surface area (Å²) in [4.78, 5) is 4.35. The number of anilines is 1. The molecule has 5 heteroatoms. The van der Waals surface area contributed by atoms with E-state index in [-0.39, 0.29) is 11.5 Å². The van der Waals surface area contributed by atoms with Crippen LogP contribution in [0.2, 0.25) is 0 Å². The van der Waals surface area contributed by atoms with Gasteiger partial charge in [0.05, 0.1) is 18.2 Å². The van der Waals surface area contributed by atoms with Crippen LogP contribution in [0.1, 0.15) is 53.4 Å². The zero-order valence-electron chi connectivity index (χ0n) is 15.3. The molecule has 1 aliphatic carbocycles. The molecular formula is C19H31N3O2. The van der Waals surface area contributed by atoms with Gasteiger partial charge in [-0.1, -0.05) is 13.8 Å². The van der Waals surface area contributed by atoms with Gasteiger partial charge in [0.25, 0.3) is 0 Å². The summed E-state index contributed by atoms with van der Waals surface area (Å²) in [7, 11) is 0. The van der Waals surface area contributed by atoms with E-state index >= 15 is 0 Å². The molecule has 1 fully saturated rings. The van der Waals surface area contributed by atoms with Crippen molar-refractivity contribution in [2.24, 2.45) is 16.1 Å². The van der Waals surface area contributed by atoms with E-state index in [9.17, 15) is 5.11 Å². The van der Waals surface area contributed by atoms with Gasteiger partial charge in [-0.2, -0.15) is 0 Å². The smallest absolute Gasteiger partial charge is 0.193 e. The first-order chi connectivity index (χ1) is 11.2. The minimum atomic E-state index is -0.747. The van der Waals surface area contributed by atoms with Crippen LogP contribution in [0.15, 0.2) is 29.3 Å². The number of guanidine groups is 1. The SMILES string of the molecule is CC(C)Oc1ccc(NC(N)=NCC2(O)CCCC(C)(C)C2)cc1. The van der Waals surface area contributed by atoms with Crippen LogP contribution in [0.3, 0.4) is 0 Å². The average molecular weight is 333 g/mol. The van der Waals surface area contributed by atoms with E-state index in [1.165, 1.54) is 0 Å². The molecule has 0 aromatic heterocycles. The second-order valence-corrected chi connectivity index (χ2v) is 7.94. The fraction of sp³-hybridized carbons (Fsp3) is 0.632. The molecule has 0 amide bonds. The van der Waals surface area contributed by atoms with Crippen molar-refractivity contribution in [2.75, 3.05) is 11.9 Å². The van der Waals surface area contributed by atoms with Gasteiger partial charge in [0, 0.05) is 5.69 Å². The molecule has 0 radical (unpaired) electrons. The summed E-state index contributed by atoms with van der Waals surface area (Å²) in [6.45, 7) is 8.72. The summed E-state index contributed by atoms with van der Waals surface area (Å²) in [6, 6.07) is 7.59. The molecule has 0 heterocycles. The number of aliphatic imine (C=N–C) groups is 1. The Kier molecular flexibility index (Phi) is 5.75. The highest BCUT2D eigenvalue weighted by atomic mass is 16.5. The second kappa shape index (κ2) is 7.43. The maximum absolute atomic E-state index is 10.7. The average Bonchev–Trinajstić information content (AvgIpc) is 2.45. The molecule has 1 aromatic rings. The third-order valence-corrected chi connectivity index (χ3v) is 4.35. The minimum Gasteiger partial charge on any atom is -0.491 e. The predicted molar refractivity (Wildman–Crippen MR) is 99.5 cm³/mol. The lowest BCUT2D eigenvalue weighted by Gasteiger charge is -2.40. The minimum absolute atomic E-state index is 0.149. The fourth-order valence-corrected chi connectivity index (χ4v) is 3.41. The molecule has 1 aliphatic rings. The number of nitrogens with zero attached hydrogens (tertiary/aromatic N) is 1. The molecule has 24 heavy (non-hydrogen) atoms. The van der Waals surface area contributed by atoms with E-state index in [0.29, 0.717) is 12.5 Å². The van der Waals surface area contributed by atoms with E-state index in [4.69, 9.17) is 10.5 Å². The fourth-order valence-electron chi connectivity index (χ4n) is 3.41. The van der Waals surface area contributed by atoms with Crippen LogP contribution in [0.4, 0.5) is 5.69 Å². The standard InChI is InChI=1S/C19H31N3O2/c1-14(2)24-16-8-6-15(7-9-16)22-17(20)21-13-19(23)11-5-10-18(3,4)12-19/h6-9,14,23H,5,10-13H2,1-4H3,(H3,20,21,22). The third kappa shape index (κ3) is 5.71. The van der Waals surface area contributed by atoms with Crippen molar-refractivity contribution in [1.82, 2.24) is 0 Å². The van der Waals surface area contributed by atoms with Gasteiger partial charge in [0.15, 0.2) is 5.96 Å². The Hall–Kier alpha value is -1.75. The van der Waals surface area contributed by atoms with Gasteiger partial charge in [0.1, 0.15) is 5.75 Å². The van der Waals surface area contributed by atoms with Crippen LogP contribution in [-0.2, 0) is 0 Å². The molecule has 1 unspecified atom stereocenters. The van der Waals surface area contributed by atoms with Gasteiger partial charge in [-0.15, -0.1) is 0 Å². The van der Waals surface area contributed by atoms with E-state index in [0.717, 1.165) is 37.1 Å². The first-order valence-electron chi connectivity index (χ1n) is 8.74. The number of aliphatic hydroxyl groups is 1. The number of nitrogens with one attached hydrogen (secondary N) is 1. The molecule has 2 rings (SSSR count). The van der Waals surface area contributed by atoms with Crippen LogP contribution in [0.25, 0.3) is 0 Å². The summed E-state index contributed by atoms with van der Waals surface area (Å²) >= 11 is 0. The van der Waals surface area contributed by atoms with Crippen LogP contribution in [0, 0.1) is 5.41 Å². The largest absolute Gasteiger partial charge is 0.491 e. The molecule has 5 nitrogen and oxygen atoms in total. The highest BCUT2D eigenvalue weighted by Gasteiger charge is 2.38. The van der Waals surface area contributed by atoms with Gasteiger partial charge in [-0.3, -0.25) is 4.99 Å². The lowest BCUT2D eigenvalue weighted by Crippen LogP contribution is -2.42. The Balaban J connectivity index is 1.91. The number of nitrogens with two attached hydrogens (primary N) is 1. The molecule has 0 aliphatic heterocycles. The molecule has 1 aromatic carbocycles. The van der Waals surface area contributed by atoms with Crippen LogP contribution >= 0.6 is 0 Å². The maximum atomic E-state index is 10.7. The number of hydrogen-bond acceptors (Lipinski definition) is 3. The van der Waals surface area contributed by atoms with Crippen molar-refractivity contribution >= 4 is 11.6 Å². The predicted octanol–water partition coefficient (Wildman–Crippen LogP) is 3.53. The zero-order valence-corrected chi connectivity index (χ0v) is 15.3. The van der Waals surface area contributed by atoms with Crippen molar-refractivity contribution < 1.29 is 9.84 Å². The normalized spacial score (nSPS) is 24.0. The van der Waals surface area contributed by atoms with Crippen LogP contribution in [0.5, 0.6) is 5.75 Å². The monoisotopic (exact) mass is 333 g/mol. The van der Waals surface area contributed by atoms with Gasteiger partial charge < -0.3 is 20.9 Å². The number of benzene rings is 1. The van der Waals surface area contributed by atoms with Crippen molar-refractivity contribution in [2.45, 2.75) is 65.1 Å². The van der Waals surface area contributed by atoms with Crippen molar-refractivity contribution in [3.8, 4) is 5.75 Å². The molecule has 1 saturated carbocycles. The third-order valence-electron chi connectivity index (χ3n) is 4.35. The topological polar surface area (TPSA) is 79.9 Å². The highest BCUT2D eigenvalue weighted by molar-refractivity contribution is 5.92. The van der Waals surface area contributed by atoms with E-state index in [1.54, 1.807) is 0 Å². The lowest BCUT2D eigenvalue weighted by atomic mass is 9.70. The molecule has 134 valence electrons. The first-order valence-corrected chi connectivity index (χ1v) is 8.74. The summed E-state index contributed by atoms with van der Waals surface area (Å²) in [6.07, 6.45) is 3.88. The van der Waals surface area contributed by atoms with Gasteiger partial charge in [-0.25, -0.2) is 0 Å². The maximum Gasteiger partial charge on any atom is 0.193 e. The summed E-state index contributed by atoms with van der Waals surface area (Å²) in [5.41, 5.74) is 6.23.